The van der Waals surface area contributed by atoms with Gasteiger partial charge in [0, 0.05) is 29.6 Å². The Labute approximate surface area is 182 Å². The first-order valence-electron chi connectivity index (χ1n) is 9.36. The number of carbonyl (C=O) groups is 2. The fourth-order valence-corrected chi connectivity index (χ4v) is 4.11. The summed E-state index contributed by atoms with van der Waals surface area (Å²) in [7, 11) is 0. The Kier molecular flexibility index (Phi) is 5.96. The third-order valence-electron chi connectivity index (χ3n) is 4.69. The van der Waals surface area contributed by atoms with Crippen LogP contribution < -0.4 is 15.0 Å². The highest BCUT2D eigenvalue weighted by Crippen LogP contribution is 2.34. The van der Waals surface area contributed by atoms with E-state index < -0.39 is 0 Å². The van der Waals surface area contributed by atoms with Gasteiger partial charge >= 0.3 is 0 Å². The van der Waals surface area contributed by atoms with E-state index in [9.17, 15) is 9.59 Å². The molecule has 4 rings (SSSR count). The molecule has 30 heavy (non-hydrogen) atoms. The Morgan fingerprint density at radius 1 is 1.20 bits per heavy atom. The van der Waals surface area contributed by atoms with E-state index in [-0.39, 0.29) is 24.3 Å². The largest absolute Gasteiger partial charge is 0.484 e. The number of amides is 2. The lowest BCUT2D eigenvalue weighted by atomic mass is 10.1. The zero-order chi connectivity index (χ0) is 21.1. The molecule has 0 aliphatic carbocycles. The summed E-state index contributed by atoms with van der Waals surface area (Å²) in [6.07, 6.45) is 0.371. The van der Waals surface area contributed by atoms with Crippen LogP contribution in [-0.2, 0) is 9.59 Å². The van der Waals surface area contributed by atoms with Crippen molar-refractivity contribution in [3.63, 3.8) is 0 Å². The quantitative estimate of drug-likeness (QED) is 0.622. The fourth-order valence-electron chi connectivity index (χ4n) is 3.13. The number of aromatic nitrogens is 2. The second-order valence-electron chi connectivity index (χ2n) is 6.98. The molecule has 0 radical (unpaired) electrons. The summed E-state index contributed by atoms with van der Waals surface area (Å²) in [6, 6.07) is 14.6. The van der Waals surface area contributed by atoms with Gasteiger partial charge in [0.05, 0.1) is 0 Å². The van der Waals surface area contributed by atoms with Crippen molar-refractivity contribution in [2.45, 2.75) is 19.3 Å². The first-order valence-corrected chi connectivity index (χ1v) is 10.6. The molecule has 1 unspecified atom stereocenters. The molecule has 2 heterocycles. The number of halogens is 1. The molecular weight excluding hydrogens is 424 g/mol. The van der Waals surface area contributed by atoms with E-state index in [1.807, 2.05) is 31.2 Å². The number of hydrogen-bond acceptors (Lipinski definition) is 6. The number of carbonyl (C=O) groups excluding carboxylic acids is 2. The van der Waals surface area contributed by atoms with E-state index in [1.165, 1.54) is 11.3 Å². The molecule has 2 aromatic carbocycles. The van der Waals surface area contributed by atoms with Crippen LogP contribution in [0.2, 0.25) is 5.02 Å². The molecule has 1 atom stereocenters. The molecule has 1 fully saturated rings. The second-order valence-corrected chi connectivity index (χ2v) is 8.42. The fraction of sp³-hybridized carbons (Fsp3) is 0.238. The van der Waals surface area contributed by atoms with Crippen LogP contribution >= 0.6 is 22.9 Å². The summed E-state index contributed by atoms with van der Waals surface area (Å²) in [6.45, 7) is 2.40. The smallest absolute Gasteiger partial charge is 0.264 e. The minimum atomic E-state index is -0.337. The average molecular weight is 443 g/mol. The molecule has 9 heteroatoms. The molecule has 3 aromatic rings. The van der Waals surface area contributed by atoms with Gasteiger partial charge in [-0.3, -0.25) is 14.9 Å². The third-order valence-corrected chi connectivity index (χ3v) is 5.94. The lowest BCUT2D eigenvalue weighted by Crippen LogP contribution is -2.24. The van der Waals surface area contributed by atoms with Gasteiger partial charge in [-0.05, 0) is 43.3 Å². The topological polar surface area (TPSA) is 84.4 Å². The molecule has 1 aliphatic rings. The van der Waals surface area contributed by atoms with Crippen molar-refractivity contribution in [1.29, 1.82) is 0 Å². The number of aryl methyl sites for hydroxylation is 1. The van der Waals surface area contributed by atoms with Gasteiger partial charge in [0.2, 0.25) is 11.0 Å². The second kappa shape index (κ2) is 8.81. The summed E-state index contributed by atoms with van der Waals surface area (Å²) >= 11 is 7.10. The SMILES string of the molecule is Cc1ccc(N2CC(c3nnc(NC(=O)COc4ccc(Cl)cc4)s3)CC2=O)cc1. The number of rotatable bonds is 6. The van der Waals surface area contributed by atoms with Crippen LogP contribution in [0.3, 0.4) is 0 Å². The van der Waals surface area contributed by atoms with Gasteiger partial charge in [-0.1, -0.05) is 40.6 Å². The van der Waals surface area contributed by atoms with Crippen LogP contribution in [0, 0.1) is 6.92 Å². The Balaban J connectivity index is 1.33. The van der Waals surface area contributed by atoms with Gasteiger partial charge in [0.25, 0.3) is 5.91 Å². The molecule has 7 nitrogen and oxygen atoms in total. The van der Waals surface area contributed by atoms with Crippen LogP contribution in [0.1, 0.15) is 22.9 Å². The van der Waals surface area contributed by atoms with Crippen molar-refractivity contribution in [3.05, 3.63) is 64.1 Å². The van der Waals surface area contributed by atoms with Crippen molar-refractivity contribution in [1.82, 2.24) is 10.2 Å². The highest BCUT2D eigenvalue weighted by molar-refractivity contribution is 7.15. The summed E-state index contributed by atoms with van der Waals surface area (Å²) in [5.74, 6) is 0.220. The van der Waals surface area contributed by atoms with Crippen LogP contribution in [0.5, 0.6) is 5.75 Å². The minimum absolute atomic E-state index is 0.0488. The van der Waals surface area contributed by atoms with E-state index >= 15 is 0 Å². The van der Waals surface area contributed by atoms with Gasteiger partial charge in [0.1, 0.15) is 10.8 Å². The molecule has 1 aliphatic heterocycles. The zero-order valence-corrected chi connectivity index (χ0v) is 17.7. The van der Waals surface area contributed by atoms with E-state index in [0.717, 1.165) is 16.3 Å². The monoisotopic (exact) mass is 442 g/mol. The molecule has 0 bridgehead atoms. The van der Waals surface area contributed by atoms with Gasteiger partial charge < -0.3 is 9.64 Å². The molecule has 0 saturated carbocycles. The summed E-state index contributed by atoms with van der Waals surface area (Å²) in [5, 5.41) is 12.6. The van der Waals surface area contributed by atoms with Crippen molar-refractivity contribution < 1.29 is 14.3 Å². The van der Waals surface area contributed by atoms with E-state index in [2.05, 4.69) is 15.5 Å². The summed E-state index contributed by atoms with van der Waals surface area (Å²) < 4.78 is 5.42. The van der Waals surface area contributed by atoms with Crippen molar-refractivity contribution in [2.75, 3.05) is 23.4 Å². The zero-order valence-electron chi connectivity index (χ0n) is 16.2. The first-order chi connectivity index (χ1) is 14.5. The highest BCUT2D eigenvalue weighted by atomic mass is 35.5. The number of nitrogens with zero attached hydrogens (tertiary/aromatic N) is 3. The van der Waals surface area contributed by atoms with Crippen molar-refractivity contribution in [2.24, 2.45) is 0 Å². The number of benzene rings is 2. The summed E-state index contributed by atoms with van der Waals surface area (Å²) in [4.78, 5) is 26.3. The Morgan fingerprint density at radius 3 is 2.67 bits per heavy atom. The first kappa shape index (κ1) is 20.3. The Bertz CT molecular complexity index is 1050. The number of ether oxygens (including phenoxy) is 1. The van der Waals surface area contributed by atoms with Crippen LogP contribution in [0.4, 0.5) is 10.8 Å². The lowest BCUT2D eigenvalue weighted by molar-refractivity contribution is -0.118. The predicted octanol–water partition coefficient (Wildman–Crippen LogP) is 4.04. The lowest BCUT2D eigenvalue weighted by Gasteiger charge is -2.16. The standard InChI is InChI=1S/C21H19ClN4O3S/c1-13-2-6-16(7-3-13)26-11-14(10-19(26)28)20-24-25-21(30-20)23-18(27)12-29-17-8-4-15(22)5-9-17/h2-9,14H,10-12H2,1H3,(H,23,25,27). The van der Waals surface area contributed by atoms with Crippen LogP contribution in [0.25, 0.3) is 0 Å². The molecule has 0 spiro atoms. The maximum absolute atomic E-state index is 12.5. The summed E-state index contributed by atoms with van der Waals surface area (Å²) in [5.41, 5.74) is 2.02. The van der Waals surface area contributed by atoms with Gasteiger partial charge in [0.15, 0.2) is 6.61 Å². The molecule has 2 amide bonds. The number of hydrogen-bond donors (Lipinski definition) is 1. The van der Waals surface area contributed by atoms with Gasteiger partial charge in [-0.25, -0.2) is 0 Å². The molecule has 1 N–H and O–H groups in total. The maximum atomic E-state index is 12.5. The maximum Gasteiger partial charge on any atom is 0.264 e. The highest BCUT2D eigenvalue weighted by Gasteiger charge is 2.33. The molecule has 1 aromatic heterocycles. The van der Waals surface area contributed by atoms with Crippen LogP contribution in [-0.4, -0.2) is 35.2 Å². The predicted molar refractivity (Wildman–Crippen MR) is 116 cm³/mol. The Morgan fingerprint density at radius 2 is 1.93 bits per heavy atom. The van der Waals surface area contributed by atoms with E-state index in [0.29, 0.717) is 28.9 Å². The van der Waals surface area contributed by atoms with E-state index in [4.69, 9.17) is 16.3 Å². The molecule has 1 saturated heterocycles. The van der Waals surface area contributed by atoms with Crippen molar-refractivity contribution >= 4 is 45.6 Å². The average Bonchev–Trinajstić information content (AvgIpc) is 3.35. The normalized spacial score (nSPS) is 16.0. The van der Waals surface area contributed by atoms with Gasteiger partial charge in [-0.15, -0.1) is 10.2 Å². The van der Waals surface area contributed by atoms with Crippen molar-refractivity contribution in [3.8, 4) is 5.75 Å². The molecular formula is C21H19ClN4O3S. The number of nitrogens with one attached hydrogen (secondary N) is 1. The van der Waals surface area contributed by atoms with Crippen LogP contribution in [0.15, 0.2) is 48.5 Å². The van der Waals surface area contributed by atoms with E-state index in [1.54, 1.807) is 29.2 Å². The number of anilines is 2. The molecule has 154 valence electrons. The third kappa shape index (κ3) is 4.77. The Hall–Kier alpha value is -2.97. The van der Waals surface area contributed by atoms with Gasteiger partial charge in [-0.2, -0.15) is 0 Å². The minimum Gasteiger partial charge on any atom is -0.484 e.